The van der Waals surface area contributed by atoms with Gasteiger partial charge in [-0.25, -0.2) is 29.3 Å². The summed E-state index contributed by atoms with van der Waals surface area (Å²) in [5, 5.41) is 36.5. The number of carbonyl (C=O) groups is 3. The van der Waals surface area contributed by atoms with Crippen molar-refractivity contribution in [2.75, 3.05) is 94.5 Å². The van der Waals surface area contributed by atoms with Gasteiger partial charge in [0.25, 0.3) is 0 Å². The van der Waals surface area contributed by atoms with Crippen LogP contribution in [0.4, 0.5) is 31.4 Å². The van der Waals surface area contributed by atoms with E-state index >= 15 is 0 Å². The van der Waals surface area contributed by atoms with E-state index in [2.05, 4.69) is 188 Å². The van der Waals surface area contributed by atoms with Crippen molar-refractivity contribution in [3.8, 4) is 18.2 Å². The maximum absolute atomic E-state index is 13.0. The topological polar surface area (TPSA) is 270 Å². The summed E-state index contributed by atoms with van der Waals surface area (Å²) in [4.78, 5) is 80.0. The number of aryl methyl sites for hydroxylation is 3. The average molecular weight is 1600 g/mol. The number of urea groups is 3. The van der Waals surface area contributed by atoms with Crippen LogP contribution in [0.15, 0.2) is 232 Å². The molecule has 0 radical (unpaired) electrons. The zero-order chi connectivity index (χ0) is 81.9. The van der Waals surface area contributed by atoms with E-state index in [1.165, 1.54) is 39.0 Å². The maximum Gasteiger partial charge on any atom is 0.321 e. The summed E-state index contributed by atoms with van der Waals surface area (Å²) in [5.74, 6) is 2.99. The van der Waals surface area contributed by atoms with E-state index in [1.54, 1.807) is 79.0 Å². The highest BCUT2D eigenvalue weighted by molar-refractivity contribution is 6.30. The number of benzene rings is 6. The van der Waals surface area contributed by atoms with Gasteiger partial charge in [0.05, 0.1) is 75.1 Å². The monoisotopic (exact) mass is 1590 g/mol. The van der Waals surface area contributed by atoms with Gasteiger partial charge < -0.3 is 44.4 Å². The van der Waals surface area contributed by atoms with Crippen LogP contribution in [-0.4, -0.2) is 170 Å². The lowest BCUT2D eigenvalue weighted by Crippen LogP contribution is -2.51. The molecule has 9 heterocycles. The number of hydrogen-bond donors (Lipinski definition) is 3. The molecule has 6 aromatic heterocycles. The van der Waals surface area contributed by atoms with E-state index in [0.29, 0.717) is 97.7 Å². The summed E-state index contributed by atoms with van der Waals surface area (Å²) in [6.45, 7) is 16.2. The van der Waals surface area contributed by atoms with Crippen molar-refractivity contribution in [3.63, 3.8) is 0 Å². The number of hydrogen-bond acceptors (Lipinski definition) is 15. The standard InChI is InChI=1S/C32H31N7O.C31H28ClN7O.C31H29N7O/c1-2-29-34-14-15-39(29)22-25-20-24-6-3-4-7-28(24)31(30-27(25)8-5-13-35-30)37-16-18-38(19-17-37)32(40)36-26-11-9-23(21-33)10-12-26;1-21-34-10-11-39(21)20-24-16-23-4-2-3-5-27(23)30(29-28(24)17-25(32)19-35-29)37-12-14-38(15-13-37)31(40)36-26-8-6-22(18-33)7-9-26;1-22-33-13-14-38(22)21-25-19-24-5-2-3-6-28(24)30(29-27(25)7-4-12-34-29)36-15-17-37(18-16-36)31(39)35-26-10-8-23(20-32)9-11-26/h3-15,20,31H,2,16-19,22H2,1H3,(H,36,40);2-11,16-17,19,30H,12-15,20H2,1H3,(H,36,40);2-14,19,30H,15-18,21H2,1H3,(H,35,39). The number of amides is 6. The van der Waals surface area contributed by atoms with Crippen LogP contribution in [-0.2, 0) is 26.1 Å². The van der Waals surface area contributed by atoms with Crippen molar-refractivity contribution in [2.45, 2.75) is 65.0 Å². The Morgan fingerprint density at radius 2 is 0.731 bits per heavy atom. The molecule has 3 N–H and O–H groups in total. The average Bonchev–Trinajstić information content (AvgIpc) is 1.65. The molecule has 3 atom stereocenters. The largest absolute Gasteiger partial charge is 0.331 e. The fourth-order valence-electron chi connectivity index (χ4n) is 16.7. The molecule has 594 valence electrons. The number of halogens is 1. The molecule has 3 aliphatic carbocycles. The zero-order valence-corrected chi connectivity index (χ0v) is 67.1. The van der Waals surface area contributed by atoms with Crippen LogP contribution in [0.3, 0.4) is 0 Å². The Kier molecular flexibility index (Phi) is 23.9. The lowest BCUT2D eigenvalue weighted by Gasteiger charge is -2.39. The molecule has 6 aromatic carbocycles. The Labute approximate surface area is 696 Å². The maximum atomic E-state index is 13.0. The number of allylic oxidation sites excluding steroid dienone is 3. The summed E-state index contributed by atoms with van der Waals surface area (Å²) in [6.07, 6.45) is 24.8. The third kappa shape index (κ3) is 17.6. The number of imidazole rings is 3. The van der Waals surface area contributed by atoms with E-state index in [9.17, 15) is 14.4 Å². The third-order valence-electron chi connectivity index (χ3n) is 22.9. The minimum Gasteiger partial charge on any atom is -0.331 e. The number of carbonyl (C=O) groups excluding carboxylic acids is 3. The van der Waals surface area contributed by atoms with Crippen molar-refractivity contribution in [2.24, 2.45) is 0 Å². The highest BCUT2D eigenvalue weighted by Crippen LogP contribution is 2.44. The predicted molar refractivity (Wildman–Crippen MR) is 462 cm³/mol. The van der Waals surface area contributed by atoms with Gasteiger partial charge in [-0.15, -0.1) is 0 Å². The molecule has 25 heteroatoms. The summed E-state index contributed by atoms with van der Waals surface area (Å²) in [6, 6.07) is 62.5. The molecule has 6 amide bonds. The highest BCUT2D eigenvalue weighted by atomic mass is 35.5. The number of rotatable bonds is 13. The summed E-state index contributed by atoms with van der Waals surface area (Å²) in [7, 11) is 0. The molecule has 6 aliphatic rings. The molecule has 12 aromatic rings. The van der Waals surface area contributed by atoms with E-state index in [1.807, 2.05) is 96.3 Å². The van der Waals surface area contributed by atoms with Crippen LogP contribution in [0.25, 0.3) is 34.9 Å². The number of fused-ring (bicyclic) bond motifs is 6. The van der Waals surface area contributed by atoms with Gasteiger partial charge in [0.2, 0.25) is 0 Å². The van der Waals surface area contributed by atoms with Gasteiger partial charge in [0, 0.05) is 194 Å². The Morgan fingerprint density at radius 3 is 1.08 bits per heavy atom. The van der Waals surface area contributed by atoms with Crippen LogP contribution in [0.5, 0.6) is 0 Å². The van der Waals surface area contributed by atoms with Crippen LogP contribution >= 0.6 is 11.6 Å². The highest BCUT2D eigenvalue weighted by Gasteiger charge is 2.38. The molecular formula is C94H88ClN21O3. The van der Waals surface area contributed by atoms with Crippen molar-refractivity contribution >= 4 is 81.7 Å². The molecule has 119 heavy (non-hydrogen) atoms. The van der Waals surface area contributed by atoms with Crippen LogP contribution < -0.4 is 16.0 Å². The summed E-state index contributed by atoms with van der Waals surface area (Å²) in [5.41, 5.74) is 20.8. The number of nitriles is 3. The molecular weight excluding hydrogens is 1510 g/mol. The van der Waals surface area contributed by atoms with Gasteiger partial charge in [-0.3, -0.25) is 29.7 Å². The molecule has 18 rings (SSSR count). The number of nitrogens with zero attached hydrogens (tertiary/aromatic N) is 18. The fraction of sp³-hybridized carbons (Fsp3) is 0.234. The van der Waals surface area contributed by atoms with Crippen molar-refractivity contribution in [1.29, 1.82) is 15.8 Å². The zero-order valence-electron chi connectivity index (χ0n) is 66.4. The van der Waals surface area contributed by atoms with Crippen molar-refractivity contribution < 1.29 is 14.4 Å². The molecule has 3 aliphatic heterocycles. The molecule has 3 unspecified atom stereocenters. The quantitative estimate of drug-likeness (QED) is 0.0968. The second kappa shape index (κ2) is 36.1. The van der Waals surface area contributed by atoms with E-state index in [-0.39, 0.29) is 36.2 Å². The van der Waals surface area contributed by atoms with Crippen molar-refractivity contribution in [1.82, 2.24) is 73.0 Å². The minimum atomic E-state index is -0.143. The first-order valence-electron chi connectivity index (χ1n) is 40.1. The van der Waals surface area contributed by atoms with Crippen LogP contribution in [0, 0.1) is 47.8 Å². The fourth-order valence-corrected chi connectivity index (χ4v) is 16.8. The first kappa shape index (κ1) is 78.9. The Balaban J connectivity index is 0.000000133. The lowest BCUT2D eigenvalue weighted by molar-refractivity contribution is 0.125. The van der Waals surface area contributed by atoms with Crippen LogP contribution in [0.2, 0.25) is 5.02 Å². The number of nitrogens with one attached hydrogen (secondary N) is 3. The number of aromatic nitrogens is 9. The first-order chi connectivity index (χ1) is 58.2. The normalized spacial score (nSPS) is 16.8. The molecule has 0 bridgehead atoms. The number of anilines is 3. The Morgan fingerprint density at radius 1 is 0.395 bits per heavy atom. The van der Waals surface area contributed by atoms with Crippen molar-refractivity contribution in [3.05, 3.63) is 338 Å². The molecule has 24 nitrogen and oxygen atoms in total. The van der Waals surface area contributed by atoms with Gasteiger partial charge in [0.15, 0.2) is 0 Å². The van der Waals surface area contributed by atoms with Gasteiger partial charge in [-0.1, -0.05) is 103 Å². The molecule has 3 saturated heterocycles. The van der Waals surface area contributed by atoms with E-state index in [0.717, 1.165) is 108 Å². The van der Waals surface area contributed by atoms with E-state index in [4.69, 9.17) is 42.3 Å². The molecule has 0 saturated carbocycles. The second-order valence-corrected chi connectivity index (χ2v) is 30.5. The van der Waals surface area contributed by atoms with E-state index < -0.39 is 0 Å². The predicted octanol–water partition coefficient (Wildman–Crippen LogP) is 15.8. The van der Waals surface area contributed by atoms with Gasteiger partial charge >= 0.3 is 18.1 Å². The van der Waals surface area contributed by atoms with Gasteiger partial charge in [-0.05, 0) is 173 Å². The number of pyridine rings is 3. The smallest absolute Gasteiger partial charge is 0.321 e. The SMILES string of the molecule is CCc1nccn1CC1=Cc2ccccc2C(N2CCN(C(=O)Nc3ccc(C#N)cc3)CC2)c2ncccc21.Cc1nccn1CC1=Cc2ccccc2C(N2CCN(C(=O)Nc3ccc(C#N)cc3)CC2)c2ncc(Cl)cc21.Cc1nccn1CC1=Cc2ccccc2C(N2CCN(C(=O)Nc3ccc(C#N)cc3)CC2)c2ncccc21. The Bertz CT molecular complexity index is 5940. The summed E-state index contributed by atoms with van der Waals surface area (Å²) >= 11 is 6.50. The second-order valence-electron chi connectivity index (χ2n) is 30.0. The molecule has 3 fully saturated rings. The van der Waals surface area contributed by atoms with Crippen LogP contribution in [0.1, 0.15) is 126 Å². The molecule has 0 spiro atoms. The first-order valence-corrected chi connectivity index (χ1v) is 40.4. The minimum absolute atomic E-state index is 0.0150. The van der Waals surface area contributed by atoms with Gasteiger partial charge in [-0.2, -0.15) is 15.8 Å². The number of piperazine rings is 3. The lowest BCUT2D eigenvalue weighted by atomic mass is 9.95. The third-order valence-corrected chi connectivity index (χ3v) is 23.1. The Hall–Kier alpha value is -13.9. The van der Waals surface area contributed by atoms with Gasteiger partial charge in [0.1, 0.15) is 17.5 Å². The summed E-state index contributed by atoms with van der Waals surface area (Å²) < 4.78 is 6.51.